The summed E-state index contributed by atoms with van der Waals surface area (Å²) in [5, 5.41) is 8.90. The van der Waals surface area contributed by atoms with E-state index in [4.69, 9.17) is 19.6 Å². The van der Waals surface area contributed by atoms with Crippen molar-refractivity contribution in [3.63, 3.8) is 0 Å². The van der Waals surface area contributed by atoms with Crippen molar-refractivity contribution in [1.82, 2.24) is 0 Å². The Bertz CT molecular complexity index is 266. The van der Waals surface area contributed by atoms with Crippen LogP contribution in [0.25, 0.3) is 0 Å². The third kappa shape index (κ3) is 2.36. The van der Waals surface area contributed by atoms with Crippen molar-refractivity contribution in [3.8, 4) is 0 Å². The van der Waals surface area contributed by atoms with Crippen LogP contribution in [-0.4, -0.2) is 29.1 Å². The Hall–Kier alpha value is -0.650. The molecule has 5 nitrogen and oxygen atoms in total. The van der Waals surface area contributed by atoms with E-state index in [1.807, 2.05) is 13.8 Å². The minimum absolute atomic E-state index is 0.271. The lowest BCUT2D eigenvalue weighted by Gasteiger charge is -2.44. The van der Waals surface area contributed by atoms with Crippen molar-refractivity contribution >= 4 is 5.97 Å². The van der Waals surface area contributed by atoms with Gasteiger partial charge in [0, 0.05) is 12.8 Å². The van der Waals surface area contributed by atoms with Gasteiger partial charge in [-0.05, 0) is 26.7 Å². The lowest BCUT2D eigenvalue weighted by molar-refractivity contribution is -0.511. The zero-order chi connectivity index (χ0) is 11.8. The Morgan fingerprint density at radius 3 is 2.31 bits per heavy atom. The smallest absolute Gasteiger partial charge is 0.306 e. The van der Waals surface area contributed by atoms with Gasteiger partial charge in [0.05, 0.1) is 12.5 Å². The van der Waals surface area contributed by atoms with Crippen molar-refractivity contribution in [2.24, 2.45) is 5.92 Å². The maximum absolute atomic E-state index is 10.8. The van der Waals surface area contributed by atoms with Crippen molar-refractivity contribution in [2.45, 2.75) is 50.9 Å². The molecule has 1 aliphatic carbocycles. The standard InChI is InChI=1S/C11H18O5/c1-10(2)7-14-11(16-15-10)5-3-8(4-6-11)9(12)13/h8H,3-7H2,1-2H3,(H,12,13). The van der Waals surface area contributed by atoms with E-state index in [0.717, 1.165) is 0 Å². The second kappa shape index (κ2) is 3.98. The van der Waals surface area contributed by atoms with Crippen LogP contribution >= 0.6 is 0 Å². The normalized spacial score (nSPS) is 38.5. The van der Waals surface area contributed by atoms with Crippen LogP contribution < -0.4 is 0 Å². The molecule has 0 bridgehead atoms. The van der Waals surface area contributed by atoms with Gasteiger partial charge in [0.15, 0.2) is 0 Å². The molecule has 0 amide bonds. The van der Waals surface area contributed by atoms with Crippen molar-refractivity contribution in [1.29, 1.82) is 0 Å². The molecular formula is C11H18O5. The van der Waals surface area contributed by atoms with Crippen LogP contribution in [0, 0.1) is 5.92 Å². The SMILES string of the molecule is CC1(C)COC2(CCC(C(=O)O)CC2)OO1. The molecule has 0 aromatic rings. The Morgan fingerprint density at radius 1 is 1.25 bits per heavy atom. The first kappa shape index (κ1) is 11.8. The van der Waals surface area contributed by atoms with Gasteiger partial charge in [-0.1, -0.05) is 0 Å². The number of hydrogen-bond donors (Lipinski definition) is 1. The summed E-state index contributed by atoms with van der Waals surface area (Å²) < 4.78 is 5.71. The fourth-order valence-electron chi connectivity index (χ4n) is 2.07. The second-order valence-corrected chi connectivity index (χ2v) is 5.24. The molecule has 0 aromatic carbocycles. The number of rotatable bonds is 1. The van der Waals surface area contributed by atoms with Crippen LogP contribution in [0.1, 0.15) is 39.5 Å². The van der Waals surface area contributed by atoms with Crippen LogP contribution in [0.3, 0.4) is 0 Å². The Labute approximate surface area is 94.6 Å². The lowest BCUT2D eigenvalue weighted by atomic mass is 9.85. The minimum atomic E-state index is -0.730. The average Bonchev–Trinajstić information content (AvgIpc) is 2.24. The quantitative estimate of drug-likeness (QED) is 0.695. The van der Waals surface area contributed by atoms with Gasteiger partial charge in [0.2, 0.25) is 5.79 Å². The predicted molar refractivity (Wildman–Crippen MR) is 54.5 cm³/mol. The van der Waals surface area contributed by atoms with Gasteiger partial charge in [-0.2, -0.15) is 0 Å². The highest BCUT2D eigenvalue weighted by atomic mass is 17.2. The van der Waals surface area contributed by atoms with Crippen LogP contribution in [0.2, 0.25) is 0 Å². The Morgan fingerprint density at radius 2 is 1.88 bits per heavy atom. The highest BCUT2D eigenvalue weighted by Gasteiger charge is 2.45. The van der Waals surface area contributed by atoms with Crippen LogP contribution in [-0.2, 0) is 19.3 Å². The maximum Gasteiger partial charge on any atom is 0.306 e. The monoisotopic (exact) mass is 230 g/mol. The van der Waals surface area contributed by atoms with Gasteiger partial charge < -0.3 is 9.84 Å². The highest BCUT2D eigenvalue weighted by molar-refractivity contribution is 5.70. The Balaban J connectivity index is 1.91. The molecule has 1 saturated heterocycles. The van der Waals surface area contributed by atoms with E-state index in [0.29, 0.717) is 32.3 Å². The third-order valence-corrected chi connectivity index (χ3v) is 3.20. The van der Waals surface area contributed by atoms with Gasteiger partial charge in [-0.15, -0.1) is 0 Å². The largest absolute Gasteiger partial charge is 0.481 e. The summed E-state index contributed by atoms with van der Waals surface area (Å²) in [7, 11) is 0. The molecule has 2 aliphatic rings. The molecule has 2 rings (SSSR count). The summed E-state index contributed by atoms with van der Waals surface area (Å²) in [5.74, 6) is -1.71. The van der Waals surface area contributed by atoms with Crippen molar-refractivity contribution in [3.05, 3.63) is 0 Å². The van der Waals surface area contributed by atoms with Gasteiger partial charge in [0.25, 0.3) is 0 Å². The van der Waals surface area contributed by atoms with Gasteiger partial charge in [-0.25, -0.2) is 9.78 Å². The number of carbonyl (C=O) groups is 1. The molecule has 0 aromatic heterocycles. The van der Waals surface area contributed by atoms with E-state index >= 15 is 0 Å². The summed E-state index contributed by atoms with van der Waals surface area (Å²) in [6, 6.07) is 0. The third-order valence-electron chi connectivity index (χ3n) is 3.20. The van der Waals surface area contributed by atoms with Gasteiger partial charge in [0.1, 0.15) is 5.60 Å². The molecule has 1 N–H and O–H groups in total. The average molecular weight is 230 g/mol. The zero-order valence-electron chi connectivity index (χ0n) is 9.69. The molecule has 1 heterocycles. The molecule has 0 radical (unpaired) electrons. The summed E-state index contributed by atoms with van der Waals surface area (Å²) in [6.45, 7) is 4.26. The summed E-state index contributed by atoms with van der Waals surface area (Å²) in [5.41, 5.74) is -0.422. The van der Waals surface area contributed by atoms with Crippen LogP contribution in [0.5, 0.6) is 0 Å². The van der Waals surface area contributed by atoms with Crippen LogP contribution in [0.15, 0.2) is 0 Å². The molecule has 16 heavy (non-hydrogen) atoms. The predicted octanol–water partition coefficient (Wildman–Crippen LogP) is 1.71. The van der Waals surface area contributed by atoms with Crippen molar-refractivity contribution < 1.29 is 24.4 Å². The zero-order valence-corrected chi connectivity index (χ0v) is 9.69. The van der Waals surface area contributed by atoms with E-state index in [9.17, 15) is 4.79 Å². The topological polar surface area (TPSA) is 65.0 Å². The first-order chi connectivity index (χ1) is 7.43. The number of carboxylic acids is 1. The fraction of sp³-hybridized carbons (Fsp3) is 0.909. The second-order valence-electron chi connectivity index (χ2n) is 5.24. The van der Waals surface area contributed by atoms with E-state index in [1.54, 1.807) is 0 Å². The number of ether oxygens (including phenoxy) is 1. The van der Waals surface area contributed by atoms with E-state index in [1.165, 1.54) is 0 Å². The van der Waals surface area contributed by atoms with Gasteiger partial charge >= 0.3 is 5.97 Å². The fourth-order valence-corrected chi connectivity index (χ4v) is 2.07. The number of aliphatic carboxylic acids is 1. The van der Waals surface area contributed by atoms with E-state index in [-0.39, 0.29) is 5.92 Å². The maximum atomic E-state index is 10.8. The molecule has 1 saturated carbocycles. The summed E-state index contributed by atoms with van der Waals surface area (Å²) in [4.78, 5) is 21.4. The molecule has 0 atom stereocenters. The number of carboxylic acid groups (broad SMARTS) is 1. The van der Waals surface area contributed by atoms with E-state index in [2.05, 4.69) is 0 Å². The molecule has 2 fully saturated rings. The molecule has 1 aliphatic heterocycles. The minimum Gasteiger partial charge on any atom is -0.481 e. The molecule has 92 valence electrons. The first-order valence-electron chi connectivity index (χ1n) is 5.66. The number of hydrogen-bond acceptors (Lipinski definition) is 4. The highest BCUT2D eigenvalue weighted by Crippen LogP contribution is 2.40. The summed E-state index contributed by atoms with van der Waals surface area (Å²) >= 11 is 0. The lowest BCUT2D eigenvalue weighted by Crippen LogP contribution is -2.51. The van der Waals surface area contributed by atoms with Gasteiger partial charge in [-0.3, -0.25) is 4.79 Å². The molecule has 1 spiro atoms. The summed E-state index contributed by atoms with van der Waals surface area (Å²) in [6.07, 6.45) is 2.33. The Kier molecular flexibility index (Phi) is 2.94. The first-order valence-corrected chi connectivity index (χ1v) is 5.66. The van der Waals surface area contributed by atoms with Crippen molar-refractivity contribution in [2.75, 3.05) is 6.61 Å². The van der Waals surface area contributed by atoms with Crippen LogP contribution in [0.4, 0.5) is 0 Å². The van der Waals surface area contributed by atoms with E-state index < -0.39 is 17.4 Å². The molecular weight excluding hydrogens is 212 g/mol. The molecule has 0 unspecified atom stereocenters. The molecule has 5 heteroatoms.